The first kappa shape index (κ1) is 21.1. The zero-order valence-electron chi connectivity index (χ0n) is 19.0. The Morgan fingerprint density at radius 1 is 1.06 bits per heavy atom. The summed E-state index contributed by atoms with van der Waals surface area (Å²) in [4.78, 5) is 30.1. The van der Waals surface area contributed by atoms with E-state index in [9.17, 15) is 4.79 Å². The Morgan fingerprint density at radius 3 is 2.50 bits per heavy atom. The molecule has 1 aromatic carbocycles. The second-order valence-corrected chi connectivity index (χ2v) is 9.29. The molecule has 6 heteroatoms. The molecular formula is C26H33N5O. The van der Waals surface area contributed by atoms with Crippen molar-refractivity contribution in [3.63, 3.8) is 0 Å². The van der Waals surface area contributed by atoms with E-state index >= 15 is 0 Å². The Labute approximate surface area is 190 Å². The van der Waals surface area contributed by atoms with Crippen LogP contribution in [0.2, 0.25) is 0 Å². The number of nitrogens with zero attached hydrogens (tertiary/aromatic N) is 4. The molecule has 3 aromatic rings. The van der Waals surface area contributed by atoms with Gasteiger partial charge in [0.25, 0.3) is 0 Å². The van der Waals surface area contributed by atoms with Gasteiger partial charge in [-0.2, -0.15) is 0 Å². The van der Waals surface area contributed by atoms with Crippen molar-refractivity contribution in [2.45, 2.75) is 58.0 Å². The first-order valence-corrected chi connectivity index (χ1v) is 12.1. The van der Waals surface area contributed by atoms with E-state index in [2.05, 4.69) is 57.0 Å². The van der Waals surface area contributed by atoms with Gasteiger partial charge >= 0.3 is 0 Å². The van der Waals surface area contributed by atoms with Crippen molar-refractivity contribution >= 4 is 17.1 Å². The van der Waals surface area contributed by atoms with Crippen LogP contribution in [0, 0.1) is 5.92 Å². The lowest BCUT2D eigenvalue weighted by Gasteiger charge is -2.36. The maximum atomic E-state index is 12.7. The molecule has 1 aliphatic heterocycles. The maximum Gasteiger partial charge on any atom is 0.225 e. The number of aromatic nitrogens is 3. The van der Waals surface area contributed by atoms with Gasteiger partial charge in [0.05, 0.1) is 0 Å². The second kappa shape index (κ2) is 9.41. The fourth-order valence-corrected chi connectivity index (χ4v) is 5.14. The average molecular weight is 432 g/mol. The molecule has 1 saturated heterocycles. The Balaban J connectivity index is 1.35. The van der Waals surface area contributed by atoms with Crippen molar-refractivity contribution < 1.29 is 4.79 Å². The Hall–Kier alpha value is -2.73. The quantitative estimate of drug-likeness (QED) is 0.599. The number of carbonyl (C=O) groups is 1. The standard InChI is InChI=1S/C26H33N5O/c1-2-30(17-19-7-4-3-5-8-19)18-22-23(29-25-24(22)27-13-14-28-25)20-11-15-31(16-12-20)26(32)21-9-6-10-21/h3-5,7-8,13-14,20-21H,2,6,9-12,15-18H2,1H3,(H,28,29). The number of rotatable bonds is 7. The lowest BCUT2D eigenvalue weighted by molar-refractivity contribution is -0.139. The van der Waals surface area contributed by atoms with E-state index in [1.165, 1.54) is 23.2 Å². The van der Waals surface area contributed by atoms with Crippen LogP contribution in [0.5, 0.6) is 0 Å². The molecule has 32 heavy (non-hydrogen) atoms. The summed E-state index contributed by atoms with van der Waals surface area (Å²) in [6.07, 6.45) is 8.92. The summed E-state index contributed by atoms with van der Waals surface area (Å²) in [7, 11) is 0. The fraction of sp³-hybridized carbons (Fsp3) is 0.500. The minimum absolute atomic E-state index is 0.291. The predicted octanol–water partition coefficient (Wildman–Crippen LogP) is 4.49. The van der Waals surface area contributed by atoms with Gasteiger partial charge in [-0.3, -0.25) is 14.7 Å². The average Bonchev–Trinajstić information content (AvgIpc) is 3.16. The summed E-state index contributed by atoms with van der Waals surface area (Å²) in [6.45, 7) is 6.66. The number of amides is 1. The van der Waals surface area contributed by atoms with Crippen molar-refractivity contribution in [2.24, 2.45) is 5.92 Å². The second-order valence-electron chi connectivity index (χ2n) is 9.29. The molecule has 6 nitrogen and oxygen atoms in total. The smallest absolute Gasteiger partial charge is 0.225 e. The molecule has 2 fully saturated rings. The van der Waals surface area contributed by atoms with E-state index in [0.29, 0.717) is 17.7 Å². The molecular weight excluding hydrogens is 398 g/mol. The number of hydrogen-bond acceptors (Lipinski definition) is 4. The van der Waals surface area contributed by atoms with Crippen LogP contribution in [0.4, 0.5) is 0 Å². The number of fused-ring (bicyclic) bond motifs is 1. The van der Waals surface area contributed by atoms with Gasteiger partial charge in [-0.15, -0.1) is 0 Å². The lowest BCUT2D eigenvalue weighted by Crippen LogP contribution is -2.43. The predicted molar refractivity (Wildman–Crippen MR) is 126 cm³/mol. The third kappa shape index (κ3) is 4.29. The molecule has 0 spiro atoms. The number of H-pyrrole nitrogens is 1. The van der Waals surface area contributed by atoms with Gasteiger partial charge in [-0.05, 0) is 37.8 Å². The molecule has 0 bridgehead atoms. The number of likely N-dealkylation sites (tertiary alicyclic amines) is 1. The van der Waals surface area contributed by atoms with Gasteiger partial charge in [0, 0.05) is 61.7 Å². The van der Waals surface area contributed by atoms with Crippen LogP contribution in [0.1, 0.15) is 61.8 Å². The largest absolute Gasteiger partial charge is 0.342 e. The molecule has 0 radical (unpaired) electrons. The third-order valence-corrected chi connectivity index (χ3v) is 7.31. The van der Waals surface area contributed by atoms with E-state index < -0.39 is 0 Å². The third-order valence-electron chi connectivity index (χ3n) is 7.31. The van der Waals surface area contributed by atoms with E-state index in [4.69, 9.17) is 4.98 Å². The summed E-state index contributed by atoms with van der Waals surface area (Å²) >= 11 is 0. The molecule has 0 atom stereocenters. The number of benzene rings is 1. The minimum atomic E-state index is 0.291. The van der Waals surface area contributed by atoms with Gasteiger partial charge in [-0.1, -0.05) is 43.7 Å². The summed E-state index contributed by atoms with van der Waals surface area (Å²) < 4.78 is 0. The van der Waals surface area contributed by atoms with Crippen molar-refractivity contribution in [2.75, 3.05) is 19.6 Å². The molecule has 3 heterocycles. The van der Waals surface area contributed by atoms with Gasteiger partial charge in [0.1, 0.15) is 5.52 Å². The van der Waals surface area contributed by atoms with Crippen LogP contribution in [0.3, 0.4) is 0 Å². The first-order chi connectivity index (χ1) is 15.7. The summed E-state index contributed by atoms with van der Waals surface area (Å²) in [5.74, 6) is 1.09. The molecule has 1 aliphatic carbocycles. The Bertz CT molecular complexity index is 1050. The molecule has 2 aliphatic rings. The van der Waals surface area contributed by atoms with Crippen LogP contribution >= 0.6 is 0 Å². The van der Waals surface area contributed by atoms with Crippen LogP contribution < -0.4 is 0 Å². The van der Waals surface area contributed by atoms with E-state index in [-0.39, 0.29) is 0 Å². The minimum Gasteiger partial charge on any atom is -0.342 e. The summed E-state index contributed by atoms with van der Waals surface area (Å²) in [5, 5.41) is 0. The van der Waals surface area contributed by atoms with Gasteiger partial charge in [0.2, 0.25) is 5.91 Å². The highest BCUT2D eigenvalue weighted by molar-refractivity contribution is 5.80. The van der Waals surface area contributed by atoms with Crippen molar-refractivity contribution in [3.05, 3.63) is 59.5 Å². The monoisotopic (exact) mass is 431 g/mol. The van der Waals surface area contributed by atoms with Crippen LogP contribution in [0.25, 0.3) is 11.2 Å². The van der Waals surface area contributed by atoms with Crippen molar-refractivity contribution in [1.29, 1.82) is 0 Å². The Morgan fingerprint density at radius 2 is 1.81 bits per heavy atom. The molecule has 0 unspecified atom stereocenters. The number of nitrogens with one attached hydrogen (secondary N) is 1. The zero-order chi connectivity index (χ0) is 21.9. The fourth-order valence-electron chi connectivity index (χ4n) is 5.14. The van der Waals surface area contributed by atoms with Crippen LogP contribution in [-0.2, 0) is 17.9 Å². The molecule has 5 rings (SSSR count). The summed E-state index contributed by atoms with van der Waals surface area (Å²) in [6, 6.07) is 10.6. The highest BCUT2D eigenvalue weighted by Gasteiger charge is 2.33. The van der Waals surface area contributed by atoms with Crippen LogP contribution in [-0.4, -0.2) is 50.3 Å². The molecule has 168 valence electrons. The number of carbonyl (C=O) groups excluding carboxylic acids is 1. The highest BCUT2D eigenvalue weighted by Crippen LogP contribution is 2.35. The van der Waals surface area contributed by atoms with Crippen molar-refractivity contribution in [3.8, 4) is 0 Å². The summed E-state index contributed by atoms with van der Waals surface area (Å²) in [5.41, 5.74) is 5.73. The topological polar surface area (TPSA) is 65.1 Å². The molecule has 1 amide bonds. The van der Waals surface area contributed by atoms with E-state index in [1.54, 1.807) is 12.4 Å². The van der Waals surface area contributed by atoms with Gasteiger partial charge < -0.3 is 9.88 Å². The van der Waals surface area contributed by atoms with Crippen LogP contribution in [0.15, 0.2) is 42.7 Å². The highest BCUT2D eigenvalue weighted by atomic mass is 16.2. The van der Waals surface area contributed by atoms with Crippen molar-refractivity contribution in [1.82, 2.24) is 24.8 Å². The normalized spacial score (nSPS) is 17.8. The number of aromatic amines is 1. The molecule has 1 saturated carbocycles. The lowest BCUT2D eigenvalue weighted by atomic mass is 9.83. The maximum absolute atomic E-state index is 12.7. The number of piperidine rings is 1. The molecule has 1 N–H and O–H groups in total. The number of hydrogen-bond donors (Lipinski definition) is 1. The van der Waals surface area contributed by atoms with Gasteiger partial charge in [-0.25, -0.2) is 4.98 Å². The SMILES string of the molecule is CCN(Cc1ccccc1)Cc1c(C2CCN(C(=O)C3CCC3)CC2)[nH]c2nccnc12. The zero-order valence-corrected chi connectivity index (χ0v) is 19.0. The van der Waals surface area contributed by atoms with E-state index in [0.717, 1.165) is 69.6 Å². The molecule has 2 aromatic heterocycles. The van der Waals surface area contributed by atoms with E-state index in [1.807, 2.05) is 0 Å². The first-order valence-electron chi connectivity index (χ1n) is 12.1. The Kier molecular flexibility index (Phi) is 6.21. The van der Waals surface area contributed by atoms with Gasteiger partial charge in [0.15, 0.2) is 5.65 Å².